The number of hydrogen-bond donors (Lipinski definition) is 1. The molecule has 0 saturated heterocycles. The van der Waals surface area contributed by atoms with Crippen molar-refractivity contribution in [3.63, 3.8) is 0 Å². The Kier molecular flexibility index (Phi) is 6.34. The number of methoxy groups -OCH3 is 2. The Morgan fingerprint density at radius 3 is 2.21 bits per heavy atom. The van der Waals surface area contributed by atoms with Crippen molar-refractivity contribution in [3.8, 4) is 33.9 Å². The summed E-state index contributed by atoms with van der Waals surface area (Å²) in [5.41, 5.74) is 2.87. The van der Waals surface area contributed by atoms with Gasteiger partial charge in [-0.05, 0) is 42.7 Å². The molecule has 7 heteroatoms. The first-order chi connectivity index (χ1) is 16.7. The number of fused-ring (bicyclic) bond motifs is 1. The molecule has 0 spiro atoms. The molecule has 1 N–H and O–H groups in total. The fourth-order valence-corrected chi connectivity index (χ4v) is 4.69. The maximum Gasteiger partial charge on any atom is 0.232 e. The fraction of sp³-hybridized carbons (Fsp3) is 0.333. The SMILES string of the molecule is COc1cc(OC)cc(-c2oc3ncnc(NC4CCCCCC4)c3c2-c2ccc(F)cc2)c1. The zero-order chi connectivity index (χ0) is 23.5. The number of furan rings is 1. The van der Waals surface area contributed by atoms with Crippen molar-refractivity contribution in [2.45, 2.75) is 44.6 Å². The molecule has 176 valence electrons. The molecule has 0 atom stereocenters. The predicted molar refractivity (Wildman–Crippen MR) is 131 cm³/mol. The molecule has 2 aromatic carbocycles. The van der Waals surface area contributed by atoms with Gasteiger partial charge in [-0.1, -0.05) is 37.8 Å². The molecule has 0 aliphatic heterocycles. The van der Waals surface area contributed by atoms with Gasteiger partial charge in [-0.2, -0.15) is 0 Å². The van der Waals surface area contributed by atoms with E-state index in [0.29, 0.717) is 29.0 Å². The number of nitrogens with zero attached hydrogens (tertiary/aromatic N) is 2. The third kappa shape index (κ3) is 4.42. The summed E-state index contributed by atoms with van der Waals surface area (Å²) in [4.78, 5) is 9.04. The number of ether oxygens (including phenoxy) is 2. The summed E-state index contributed by atoms with van der Waals surface area (Å²) in [5.74, 6) is 2.32. The minimum atomic E-state index is -0.297. The number of hydrogen-bond acceptors (Lipinski definition) is 6. The highest BCUT2D eigenvalue weighted by atomic mass is 19.1. The normalized spacial score (nSPS) is 14.7. The third-order valence-electron chi connectivity index (χ3n) is 6.43. The first-order valence-electron chi connectivity index (χ1n) is 11.7. The Labute approximate surface area is 198 Å². The molecule has 0 amide bonds. The van der Waals surface area contributed by atoms with Crippen molar-refractivity contribution in [1.29, 1.82) is 0 Å². The number of halogens is 1. The van der Waals surface area contributed by atoms with Gasteiger partial charge in [-0.15, -0.1) is 0 Å². The van der Waals surface area contributed by atoms with Crippen molar-refractivity contribution < 1.29 is 18.3 Å². The molecule has 6 nitrogen and oxygen atoms in total. The van der Waals surface area contributed by atoms with E-state index < -0.39 is 0 Å². The molecule has 1 aliphatic rings. The standard InChI is InChI=1S/C27H28FN3O3/c1-32-21-13-18(14-22(15-21)33-2)25-23(17-9-11-19(28)12-10-17)24-26(29-16-30-27(24)34-25)31-20-7-5-3-4-6-8-20/h9-16,20H,3-8H2,1-2H3,(H,29,30,31). The predicted octanol–water partition coefficient (Wildman–Crippen LogP) is 6.85. The monoisotopic (exact) mass is 461 g/mol. The molecule has 5 rings (SSSR count). The van der Waals surface area contributed by atoms with Crippen LogP contribution in [0, 0.1) is 5.82 Å². The van der Waals surface area contributed by atoms with Gasteiger partial charge in [0.05, 0.1) is 19.6 Å². The highest BCUT2D eigenvalue weighted by Gasteiger charge is 2.24. The Bertz CT molecular complexity index is 1260. The van der Waals surface area contributed by atoms with E-state index in [1.165, 1.54) is 44.1 Å². The highest BCUT2D eigenvalue weighted by Crippen LogP contribution is 2.44. The van der Waals surface area contributed by atoms with E-state index >= 15 is 0 Å². The summed E-state index contributed by atoms with van der Waals surface area (Å²) in [6.45, 7) is 0. The fourth-order valence-electron chi connectivity index (χ4n) is 4.69. The summed E-state index contributed by atoms with van der Waals surface area (Å²) in [5, 5.41) is 4.45. The molecular formula is C27H28FN3O3. The van der Waals surface area contributed by atoms with Crippen LogP contribution in [0.25, 0.3) is 33.6 Å². The Hall–Kier alpha value is -3.61. The molecule has 4 aromatic rings. The van der Waals surface area contributed by atoms with E-state index in [1.54, 1.807) is 26.4 Å². The maximum atomic E-state index is 13.8. The summed E-state index contributed by atoms with van der Waals surface area (Å²) >= 11 is 0. The summed E-state index contributed by atoms with van der Waals surface area (Å²) in [7, 11) is 3.22. The molecule has 0 unspecified atom stereocenters. The minimum absolute atomic E-state index is 0.297. The van der Waals surface area contributed by atoms with E-state index in [-0.39, 0.29) is 5.82 Å². The Morgan fingerprint density at radius 1 is 0.882 bits per heavy atom. The van der Waals surface area contributed by atoms with Gasteiger partial charge in [0.2, 0.25) is 5.71 Å². The van der Waals surface area contributed by atoms with Crippen LogP contribution < -0.4 is 14.8 Å². The quantitative estimate of drug-likeness (QED) is 0.317. The second-order valence-electron chi connectivity index (χ2n) is 8.65. The van der Waals surface area contributed by atoms with Gasteiger partial charge in [-0.3, -0.25) is 0 Å². The largest absolute Gasteiger partial charge is 0.497 e. The van der Waals surface area contributed by atoms with E-state index in [9.17, 15) is 4.39 Å². The molecular weight excluding hydrogens is 433 g/mol. The lowest BCUT2D eigenvalue weighted by Gasteiger charge is -2.17. The molecule has 1 fully saturated rings. The van der Waals surface area contributed by atoms with Gasteiger partial charge in [0, 0.05) is 23.2 Å². The maximum absolute atomic E-state index is 13.8. The Morgan fingerprint density at radius 2 is 1.56 bits per heavy atom. The van der Waals surface area contributed by atoms with E-state index in [4.69, 9.17) is 13.9 Å². The number of benzene rings is 2. The third-order valence-corrected chi connectivity index (χ3v) is 6.43. The lowest BCUT2D eigenvalue weighted by atomic mass is 9.98. The van der Waals surface area contributed by atoms with Gasteiger partial charge in [0.25, 0.3) is 0 Å². The second-order valence-corrected chi connectivity index (χ2v) is 8.65. The second kappa shape index (κ2) is 9.71. The zero-order valence-corrected chi connectivity index (χ0v) is 19.4. The summed E-state index contributed by atoms with van der Waals surface area (Å²) in [6.07, 6.45) is 8.69. The van der Waals surface area contributed by atoms with Crippen LogP contribution in [-0.2, 0) is 0 Å². The van der Waals surface area contributed by atoms with Crippen LogP contribution >= 0.6 is 0 Å². The first kappa shape index (κ1) is 22.2. The Balaban J connectivity index is 1.71. The van der Waals surface area contributed by atoms with Gasteiger partial charge in [0.1, 0.15) is 35.2 Å². The van der Waals surface area contributed by atoms with Crippen molar-refractivity contribution in [3.05, 3.63) is 54.6 Å². The van der Waals surface area contributed by atoms with Crippen LogP contribution in [0.5, 0.6) is 11.5 Å². The summed E-state index contributed by atoms with van der Waals surface area (Å²) < 4.78 is 31.1. The van der Waals surface area contributed by atoms with E-state index in [0.717, 1.165) is 40.7 Å². The lowest BCUT2D eigenvalue weighted by Crippen LogP contribution is -2.19. The molecule has 34 heavy (non-hydrogen) atoms. The first-order valence-corrected chi connectivity index (χ1v) is 11.7. The number of rotatable bonds is 6. The van der Waals surface area contributed by atoms with Crippen LogP contribution in [0.1, 0.15) is 38.5 Å². The highest BCUT2D eigenvalue weighted by molar-refractivity contribution is 6.06. The lowest BCUT2D eigenvalue weighted by molar-refractivity contribution is 0.394. The van der Waals surface area contributed by atoms with Crippen molar-refractivity contribution in [2.24, 2.45) is 0 Å². The topological polar surface area (TPSA) is 69.4 Å². The molecule has 0 radical (unpaired) electrons. The minimum Gasteiger partial charge on any atom is -0.497 e. The number of nitrogens with one attached hydrogen (secondary N) is 1. The zero-order valence-electron chi connectivity index (χ0n) is 19.4. The molecule has 0 bridgehead atoms. The van der Waals surface area contributed by atoms with Gasteiger partial charge >= 0.3 is 0 Å². The molecule has 2 aromatic heterocycles. The van der Waals surface area contributed by atoms with Gasteiger partial charge < -0.3 is 19.2 Å². The van der Waals surface area contributed by atoms with Crippen LogP contribution in [0.3, 0.4) is 0 Å². The molecule has 1 saturated carbocycles. The van der Waals surface area contributed by atoms with Crippen LogP contribution in [0.4, 0.5) is 10.2 Å². The van der Waals surface area contributed by atoms with Crippen molar-refractivity contribution in [1.82, 2.24) is 9.97 Å². The van der Waals surface area contributed by atoms with Crippen LogP contribution in [0.2, 0.25) is 0 Å². The van der Waals surface area contributed by atoms with Crippen LogP contribution in [0.15, 0.2) is 53.2 Å². The van der Waals surface area contributed by atoms with E-state index in [2.05, 4.69) is 15.3 Å². The average molecular weight is 462 g/mol. The average Bonchev–Trinajstić information content (AvgIpc) is 3.08. The number of aromatic nitrogens is 2. The van der Waals surface area contributed by atoms with Crippen molar-refractivity contribution in [2.75, 3.05) is 19.5 Å². The van der Waals surface area contributed by atoms with Crippen molar-refractivity contribution >= 4 is 16.9 Å². The van der Waals surface area contributed by atoms with E-state index in [1.807, 2.05) is 18.2 Å². The van der Waals surface area contributed by atoms with Crippen LogP contribution in [-0.4, -0.2) is 30.2 Å². The van der Waals surface area contributed by atoms with Gasteiger partial charge in [0.15, 0.2) is 0 Å². The molecule has 1 aliphatic carbocycles. The molecule has 2 heterocycles. The number of anilines is 1. The van der Waals surface area contributed by atoms with Gasteiger partial charge in [-0.25, -0.2) is 14.4 Å². The summed E-state index contributed by atoms with van der Waals surface area (Å²) in [6, 6.07) is 12.3. The smallest absolute Gasteiger partial charge is 0.232 e.